The second-order valence-corrected chi connectivity index (χ2v) is 4.16. The van der Waals surface area contributed by atoms with Crippen LogP contribution in [0.15, 0.2) is 0 Å². The van der Waals surface area contributed by atoms with Gasteiger partial charge in [-0.2, -0.15) is 9.64 Å². The number of hydrogen-bond donors (Lipinski definition) is 2. The molecule has 0 atom stereocenters. The first kappa shape index (κ1) is 12.5. The van der Waals surface area contributed by atoms with Gasteiger partial charge in [-0.05, 0) is 24.4 Å². The van der Waals surface area contributed by atoms with Crippen LogP contribution in [-0.4, -0.2) is 10.4 Å². The van der Waals surface area contributed by atoms with Gasteiger partial charge in [-0.1, -0.05) is 19.8 Å². The summed E-state index contributed by atoms with van der Waals surface area (Å²) >= 11 is 1.10. The van der Waals surface area contributed by atoms with Crippen LogP contribution >= 0.6 is 11.5 Å². The maximum atomic E-state index is 10.7. The first-order chi connectivity index (χ1) is 7.69. The average Bonchev–Trinajstić information content (AvgIpc) is 2.60. The zero-order valence-electron chi connectivity index (χ0n) is 9.12. The highest BCUT2D eigenvalue weighted by Crippen LogP contribution is 2.25. The lowest BCUT2D eigenvalue weighted by atomic mass is 10.1. The summed E-state index contributed by atoms with van der Waals surface area (Å²) in [7, 11) is 0. The molecule has 0 unspecified atom stereocenters. The summed E-state index contributed by atoms with van der Waals surface area (Å²) in [4.78, 5) is 10.7. The van der Waals surface area contributed by atoms with Gasteiger partial charge in [0.15, 0.2) is 0 Å². The average molecular weight is 238 g/mol. The van der Waals surface area contributed by atoms with Crippen LogP contribution in [0.2, 0.25) is 0 Å². The van der Waals surface area contributed by atoms with E-state index >= 15 is 0 Å². The fourth-order valence-electron chi connectivity index (χ4n) is 1.35. The largest absolute Gasteiger partial charge is 0.351 e. The summed E-state index contributed by atoms with van der Waals surface area (Å²) in [5, 5.41) is 11.8. The SMILES string of the molecule is CCCCCc1nsc(NC(N)=O)c1C#N. The van der Waals surface area contributed by atoms with E-state index in [0.29, 0.717) is 10.6 Å². The molecule has 0 fully saturated rings. The Morgan fingerprint density at radius 1 is 1.62 bits per heavy atom. The van der Waals surface area contributed by atoms with Crippen molar-refractivity contribution >= 4 is 22.6 Å². The monoisotopic (exact) mass is 238 g/mol. The Balaban J connectivity index is 2.75. The van der Waals surface area contributed by atoms with Gasteiger partial charge in [0.1, 0.15) is 16.6 Å². The van der Waals surface area contributed by atoms with Crippen molar-refractivity contribution < 1.29 is 4.79 Å². The molecule has 0 saturated carbocycles. The molecule has 3 N–H and O–H groups in total. The molecule has 0 spiro atoms. The van der Waals surface area contributed by atoms with Crippen molar-refractivity contribution in [3.8, 4) is 6.07 Å². The second kappa shape index (κ2) is 6.08. The van der Waals surface area contributed by atoms with Crippen LogP contribution in [-0.2, 0) is 6.42 Å². The third kappa shape index (κ3) is 3.21. The van der Waals surface area contributed by atoms with Crippen molar-refractivity contribution in [2.24, 2.45) is 5.73 Å². The molecule has 0 aliphatic rings. The number of unbranched alkanes of at least 4 members (excludes halogenated alkanes) is 2. The van der Waals surface area contributed by atoms with Crippen LogP contribution < -0.4 is 11.1 Å². The van der Waals surface area contributed by atoms with Gasteiger partial charge in [-0.25, -0.2) is 4.79 Å². The normalized spacial score (nSPS) is 9.75. The van der Waals surface area contributed by atoms with E-state index in [2.05, 4.69) is 22.7 Å². The molecule has 1 heterocycles. The van der Waals surface area contributed by atoms with E-state index in [-0.39, 0.29) is 0 Å². The van der Waals surface area contributed by atoms with Crippen molar-refractivity contribution in [1.82, 2.24) is 4.37 Å². The van der Waals surface area contributed by atoms with E-state index in [1.807, 2.05) is 0 Å². The molecule has 0 saturated heterocycles. The highest BCUT2D eigenvalue weighted by atomic mass is 32.1. The number of anilines is 1. The standard InChI is InChI=1S/C10H14N4OS/c1-2-3-4-5-8-7(6-11)9(16-14-8)13-10(12)15/h2-5H2,1H3,(H3,12,13,15). The van der Waals surface area contributed by atoms with Crippen LogP contribution in [0.1, 0.15) is 37.4 Å². The van der Waals surface area contributed by atoms with Crippen molar-refractivity contribution in [2.75, 3.05) is 5.32 Å². The molecule has 0 aliphatic carbocycles. The molecule has 1 aromatic heterocycles. The van der Waals surface area contributed by atoms with Gasteiger partial charge >= 0.3 is 6.03 Å². The number of rotatable bonds is 5. The fraction of sp³-hybridized carbons (Fsp3) is 0.500. The number of amides is 2. The third-order valence-corrected chi connectivity index (χ3v) is 2.93. The summed E-state index contributed by atoms with van der Waals surface area (Å²) in [6.07, 6.45) is 4.01. The molecular weight excluding hydrogens is 224 g/mol. The number of aryl methyl sites for hydroxylation is 1. The van der Waals surface area contributed by atoms with E-state index < -0.39 is 6.03 Å². The molecule has 1 aromatic rings. The minimum atomic E-state index is -0.666. The topological polar surface area (TPSA) is 91.8 Å². The van der Waals surface area contributed by atoms with Gasteiger partial charge in [-0.3, -0.25) is 5.32 Å². The summed E-state index contributed by atoms with van der Waals surface area (Å²) in [6, 6.07) is 1.39. The van der Waals surface area contributed by atoms with Crippen LogP contribution in [0.3, 0.4) is 0 Å². The number of urea groups is 1. The van der Waals surface area contributed by atoms with E-state index in [4.69, 9.17) is 11.0 Å². The number of nitrogens with zero attached hydrogens (tertiary/aromatic N) is 2. The Kier molecular flexibility index (Phi) is 4.73. The van der Waals surface area contributed by atoms with Gasteiger partial charge in [0.2, 0.25) is 0 Å². The number of carbonyl (C=O) groups excluding carboxylic acids is 1. The number of carbonyl (C=O) groups is 1. The molecule has 0 aromatic carbocycles. The number of hydrogen-bond acceptors (Lipinski definition) is 4. The van der Waals surface area contributed by atoms with Crippen LogP contribution in [0.5, 0.6) is 0 Å². The zero-order chi connectivity index (χ0) is 12.0. The third-order valence-electron chi connectivity index (χ3n) is 2.13. The Morgan fingerprint density at radius 2 is 2.38 bits per heavy atom. The van der Waals surface area contributed by atoms with Crippen molar-refractivity contribution in [3.63, 3.8) is 0 Å². The fourth-order valence-corrected chi connectivity index (χ4v) is 2.13. The summed E-state index contributed by atoms with van der Waals surface area (Å²) < 4.78 is 4.16. The van der Waals surface area contributed by atoms with Crippen molar-refractivity contribution in [1.29, 1.82) is 5.26 Å². The van der Waals surface area contributed by atoms with Crippen molar-refractivity contribution in [3.05, 3.63) is 11.3 Å². The lowest BCUT2D eigenvalue weighted by Gasteiger charge is -1.98. The lowest BCUT2D eigenvalue weighted by Crippen LogP contribution is -2.19. The minimum absolute atomic E-state index is 0.444. The van der Waals surface area contributed by atoms with E-state index in [9.17, 15) is 4.79 Å². The van der Waals surface area contributed by atoms with Crippen LogP contribution in [0.4, 0.5) is 9.80 Å². The van der Waals surface area contributed by atoms with Gasteiger partial charge < -0.3 is 5.73 Å². The first-order valence-electron chi connectivity index (χ1n) is 5.14. The predicted octanol–water partition coefficient (Wildman–Crippen LogP) is 2.24. The number of aromatic nitrogens is 1. The quantitative estimate of drug-likeness (QED) is 0.770. The molecule has 16 heavy (non-hydrogen) atoms. The first-order valence-corrected chi connectivity index (χ1v) is 5.91. The molecule has 5 nitrogen and oxygen atoms in total. The smallest absolute Gasteiger partial charge is 0.317 e. The maximum Gasteiger partial charge on any atom is 0.317 e. The molecule has 0 radical (unpaired) electrons. The number of nitriles is 1. The maximum absolute atomic E-state index is 10.7. The minimum Gasteiger partial charge on any atom is -0.351 e. The molecule has 0 aliphatic heterocycles. The highest BCUT2D eigenvalue weighted by molar-refractivity contribution is 7.10. The molecule has 0 bridgehead atoms. The van der Waals surface area contributed by atoms with Gasteiger partial charge in [-0.15, -0.1) is 0 Å². The molecule has 6 heteroatoms. The number of nitrogens with one attached hydrogen (secondary N) is 1. The van der Waals surface area contributed by atoms with Gasteiger partial charge in [0, 0.05) is 0 Å². The Bertz CT molecular complexity index is 407. The second-order valence-electron chi connectivity index (χ2n) is 3.39. The summed E-state index contributed by atoms with van der Waals surface area (Å²) in [5.41, 5.74) is 6.20. The number of primary amides is 1. The van der Waals surface area contributed by atoms with Crippen molar-refractivity contribution in [2.45, 2.75) is 32.6 Å². The van der Waals surface area contributed by atoms with Gasteiger partial charge in [0.05, 0.1) is 5.69 Å². The molecule has 2 amide bonds. The van der Waals surface area contributed by atoms with E-state index in [0.717, 1.165) is 42.9 Å². The predicted molar refractivity (Wildman–Crippen MR) is 63.3 cm³/mol. The van der Waals surface area contributed by atoms with Crippen LogP contribution in [0.25, 0.3) is 0 Å². The van der Waals surface area contributed by atoms with E-state index in [1.165, 1.54) is 0 Å². The molecular formula is C10H14N4OS. The zero-order valence-corrected chi connectivity index (χ0v) is 9.93. The Morgan fingerprint density at radius 3 is 2.94 bits per heavy atom. The Hall–Kier alpha value is -1.61. The molecule has 86 valence electrons. The van der Waals surface area contributed by atoms with E-state index in [1.54, 1.807) is 0 Å². The van der Waals surface area contributed by atoms with Crippen LogP contribution in [0, 0.1) is 11.3 Å². The highest BCUT2D eigenvalue weighted by Gasteiger charge is 2.13. The number of nitrogens with two attached hydrogens (primary N) is 1. The Labute approximate surface area is 98.4 Å². The summed E-state index contributed by atoms with van der Waals surface area (Å²) in [5.74, 6) is 0. The summed E-state index contributed by atoms with van der Waals surface area (Å²) in [6.45, 7) is 2.12. The van der Waals surface area contributed by atoms with Gasteiger partial charge in [0.25, 0.3) is 0 Å². The lowest BCUT2D eigenvalue weighted by molar-refractivity contribution is 0.259. The molecule has 1 rings (SSSR count).